The number of hydrogen-bond donors (Lipinski definition) is 0. The Morgan fingerprint density at radius 1 is 0.441 bits per heavy atom. The van der Waals surface area contributed by atoms with Crippen molar-refractivity contribution >= 4 is 39.0 Å². The zero-order chi connectivity index (χ0) is 39.3. The summed E-state index contributed by atoms with van der Waals surface area (Å²) in [7, 11) is 0. The van der Waals surface area contributed by atoms with Crippen LogP contribution >= 0.6 is 0 Å². The lowest BCUT2D eigenvalue weighted by Crippen LogP contribution is -2.28. The summed E-state index contributed by atoms with van der Waals surface area (Å²) in [6.45, 7) is 4.79. The summed E-state index contributed by atoms with van der Waals surface area (Å²) in [6.07, 6.45) is 6.25. The number of fused-ring (bicyclic) bond motifs is 11. The van der Waals surface area contributed by atoms with Gasteiger partial charge in [-0.3, -0.25) is 0 Å². The average Bonchev–Trinajstić information content (AvgIpc) is 3.88. The van der Waals surface area contributed by atoms with Crippen molar-refractivity contribution in [2.24, 2.45) is 0 Å². The molecular formula is C57H45NO. The highest BCUT2D eigenvalue weighted by molar-refractivity contribution is 6.12. The molecule has 59 heavy (non-hydrogen) atoms. The first-order valence-corrected chi connectivity index (χ1v) is 21.4. The van der Waals surface area contributed by atoms with Crippen molar-refractivity contribution in [2.45, 2.75) is 56.8 Å². The molecule has 0 atom stereocenters. The predicted octanol–water partition coefficient (Wildman–Crippen LogP) is 15.9. The van der Waals surface area contributed by atoms with Crippen molar-refractivity contribution in [3.05, 3.63) is 198 Å². The first-order valence-electron chi connectivity index (χ1n) is 21.4. The summed E-state index contributed by atoms with van der Waals surface area (Å²) in [4.78, 5) is 2.53. The van der Waals surface area contributed by atoms with Gasteiger partial charge in [0.15, 0.2) is 0 Å². The molecule has 0 aliphatic heterocycles. The third-order valence-corrected chi connectivity index (χ3v) is 14.1. The molecule has 0 N–H and O–H groups in total. The van der Waals surface area contributed by atoms with Crippen LogP contribution in [0.4, 0.5) is 17.1 Å². The number of hydrogen-bond acceptors (Lipinski definition) is 2. The van der Waals surface area contributed by atoms with Gasteiger partial charge >= 0.3 is 0 Å². The predicted molar refractivity (Wildman–Crippen MR) is 246 cm³/mol. The molecule has 1 heterocycles. The van der Waals surface area contributed by atoms with Crippen LogP contribution in [0.15, 0.2) is 180 Å². The van der Waals surface area contributed by atoms with Gasteiger partial charge in [0, 0.05) is 38.5 Å². The molecule has 0 amide bonds. The minimum absolute atomic E-state index is 0.0529. The van der Waals surface area contributed by atoms with Gasteiger partial charge in [-0.25, -0.2) is 0 Å². The van der Waals surface area contributed by atoms with E-state index in [1.54, 1.807) is 0 Å². The Hall–Kier alpha value is -6.64. The van der Waals surface area contributed by atoms with Crippen molar-refractivity contribution in [2.75, 3.05) is 4.90 Å². The molecule has 1 spiro atoms. The SMILES string of the molecule is CC1(C)c2ccccc2-c2cccc(-c3ccccc3N(c3ccc(-c4cccc5oc6ccccc6c45)cc3)c3ccc4c(c3)C3(CCCCC3)c3ccccc3-4)c21. The molecule has 8 aromatic carbocycles. The van der Waals surface area contributed by atoms with E-state index in [1.165, 1.54) is 110 Å². The maximum absolute atomic E-state index is 6.31. The summed E-state index contributed by atoms with van der Waals surface area (Å²) < 4.78 is 6.31. The van der Waals surface area contributed by atoms with E-state index in [2.05, 4.69) is 189 Å². The molecule has 0 saturated heterocycles. The molecule has 2 heteroatoms. The largest absolute Gasteiger partial charge is 0.456 e. The second-order valence-corrected chi connectivity index (χ2v) is 17.5. The summed E-state index contributed by atoms with van der Waals surface area (Å²) in [5.41, 5.74) is 21.4. The van der Waals surface area contributed by atoms with Gasteiger partial charge < -0.3 is 9.32 Å². The lowest BCUT2D eigenvalue weighted by Gasteiger charge is -2.37. The van der Waals surface area contributed by atoms with Crippen LogP contribution in [0.3, 0.4) is 0 Å². The van der Waals surface area contributed by atoms with Crippen LogP contribution in [0.25, 0.3) is 66.4 Å². The Morgan fingerprint density at radius 3 is 1.83 bits per heavy atom. The molecular weight excluding hydrogens is 715 g/mol. The number of para-hydroxylation sites is 2. The maximum atomic E-state index is 6.31. The third-order valence-electron chi connectivity index (χ3n) is 14.1. The number of benzene rings is 8. The molecule has 2 nitrogen and oxygen atoms in total. The standard InChI is InChI=1S/C57H45NO/c1-56(2)48-23-8-4-17-42(48)45-21-14-22-46(55(45)56)44-18-6-10-25-51(44)58(39-32-33-43-41-16-5-9-24-49(41)57(50(43)36-39)34-12-3-13-35-57)38-30-28-37(29-31-38)40-20-15-27-53-54(40)47-19-7-11-26-52(47)59-53/h4-11,14-33,36H,3,12-13,34-35H2,1-2H3. The normalized spacial score (nSPS) is 15.6. The fourth-order valence-electron chi connectivity index (χ4n) is 11.5. The summed E-state index contributed by atoms with van der Waals surface area (Å²) >= 11 is 0. The summed E-state index contributed by atoms with van der Waals surface area (Å²) in [5.74, 6) is 0. The van der Waals surface area contributed by atoms with Crippen LogP contribution in [-0.2, 0) is 10.8 Å². The lowest BCUT2D eigenvalue weighted by molar-refractivity contribution is 0.353. The van der Waals surface area contributed by atoms with E-state index in [-0.39, 0.29) is 10.8 Å². The highest BCUT2D eigenvalue weighted by Gasteiger charge is 2.44. The van der Waals surface area contributed by atoms with E-state index in [1.807, 2.05) is 6.07 Å². The third kappa shape index (κ3) is 4.99. The van der Waals surface area contributed by atoms with E-state index in [4.69, 9.17) is 4.42 Å². The van der Waals surface area contributed by atoms with Gasteiger partial charge in [0.05, 0.1) is 5.69 Å². The van der Waals surface area contributed by atoms with Gasteiger partial charge in [0.1, 0.15) is 11.2 Å². The van der Waals surface area contributed by atoms with E-state index in [9.17, 15) is 0 Å². The number of anilines is 3. The van der Waals surface area contributed by atoms with Crippen molar-refractivity contribution in [3.8, 4) is 44.5 Å². The van der Waals surface area contributed by atoms with Crippen LogP contribution in [0.5, 0.6) is 0 Å². The van der Waals surface area contributed by atoms with Gasteiger partial charge in [-0.1, -0.05) is 167 Å². The second-order valence-electron chi connectivity index (χ2n) is 17.5. The minimum Gasteiger partial charge on any atom is -0.456 e. The first kappa shape index (κ1) is 34.4. The van der Waals surface area contributed by atoms with Crippen LogP contribution in [-0.4, -0.2) is 0 Å². The van der Waals surface area contributed by atoms with Crippen molar-refractivity contribution in [1.29, 1.82) is 0 Å². The zero-order valence-corrected chi connectivity index (χ0v) is 33.6. The number of rotatable bonds is 5. The van der Waals surface area contributed by atoms with Crippen LogP contribution < -0.4 is 4.90 Å². The Balaban J connectivity index is 1.07. The van der Waals surface area contributed by atoms with Gasteiger partial charge in [-0.05, 0) is 117 Å². The molecule has 3 aliphatic carbocycles. The quantitative estimate of drug-likeness (QED) is 0.174. The van der Waals surface area contributed by atoms with E-state index in [0.717, 1.165) is 27.6 Å². The fraction of sp³-hybridized carbons (Fsp3) is 0.158. The van der Waals surface area contributed by atoms with Crippen LogP contribution in [0, 0.1) is 0 Å². The maximum Gasteiger partial charge on any atom is 0.136 e. The molecule has 9 aromatic rings. The minimum atomic E-state index is -0.146. The number of nitrogens with zero attached hydrogens (tertiary/aromatic N) is 1. The Kier molecular flexibility index (Phi) is 7.54. The Morgan fingerprint density at radius 2 is 1.02 bits per heavy atom. The van der Waals surface area contributed by atoms with Crippen molar-refractivity contribution in [3.63, 3.8) is 0 Å². The van der Waals surface area contributed by atoms with E-state index in [0.29, 0.717) is 0 Å². The molecule has 0 unspecified atom stereocenters. The monoisotopic (exact) mass is 759 g/mol. The molecule has 0 radical (unpaired) electrons. The highest BCUT2D eigenvalue weighted by Crippen LogP contribution is 2.58. The summed E-state index contributed by atoms with van der Waals surface area (Å²) in [6, 6.07) is 65.6. The molecule has 284 valence electrons. The van der Waals surface area contributed by atoms with Gasteiger partial charge in [-0.15, -0.1) is 0 Å². The Bertz CT molecular complexity index is 3120. The second kappa shape index (κ2) is 12.9. The van der Waals surface area contributed by atoms with Crippen LogP contribution in [0.2, 0.25) is 0 Å². The average molecular weight is 760 g/mol. The first-order chi connectivity index (χ1) is 29.0. The van der Waals surface area contributed by atoms with E-state index < -0.39 is 0 Å². The highest BCUT2D eigenvalue weighted by atomic mass is 16.3. The van der Waals surface area contributed by atoms with Crippen molar-refractivity contribution < 1.29 is 4.42 Å². The number of furan rings is 1. The van der Waals surface area contributed by atoms with Gasteiger partial charge in [0.25, 0.3) is 0 Å². The molecule has 0 bridgehead atoms. The fourth-order valence-corrected chi connectivity index (χ4v) is 11.5. The molecule has 3 aliphatic rings. The van der Waals surface area contributed by atoms with Crippen molar-refractivity contribution in [1.82, 2.24) is 0 Å². The lowest BCUT2D eigenvalue weighted by atomic mass is 9.68. The topological polar surface area (TPSA) is 16.4 Å². The molecule has 1 fully saturated rings. The summed E-state index contributed by atoms with van der Waals surface area (Å²) in [5, 5.41) is 2.31. The molecule has 1 saturated carbocycles. The zero-order valence-electron chi connectivity index (χ0n) is 33.6. The molecule has 1 aromatic heterocycles. The van der Waals surface area contributed by atoms with E-state index >= 15 is 0 Å². The molecule has 12 rings (SSSR count). The van der Waals surface area contributed by atoms with Crippen LogP contribution in [0.1, 0.15) is 68.2 Å². The smallest absolute Gasteiger partial charge is 0.136 e. The van der Waals surface area contributed by atoms with Gasteiger partial charge in [-0.2, -0.15) is 0 Å². The van der Waals surface area contributed by atoms with Gasteiger partial charge in [0.2, 0.25) is 0 Å². The Labute approximate surface area is 346 Å².